The van der Waals surface area contributed by atoms with Crippen molar-refractivity contribution in [2.75, 3.05) is 0 Å². The molecular formula is C13H21NO. The van der Waals surface area contributed by atoms with E-state index in [1.54, 1.807) is 6.21 Å². The Morgan fingerprint density at radius 1 is 1.60 bits per heavy atom. The van der Waals surface area contributed by atoms with E-state index in [1.165, 1.54) is 11.1 Å². The van der Waals surface area contributed by atoms with Gasteiger partial charge in [0.1, 0.15) is 0 Å². The Morgan fingerprint density at radius 2 is 2.40 bits per heavy atom. The summed E-state index contributed by atoms with van der Waals surface area (Å²) >= 11 is 0. The average molecular weight is 207 g/mol. The molecule has 0 heterocycles. The molecule has 0 saturated carbocycles. The Labute approximate surface area is 92.4 Å². The maximum Gasteiger partial charge on any atom is 0.0470 e. The Morgan fingerprint density at radius 3 is 3.07 bits per heavy atom. The van der Waals surface area contributed by atoms with E-state index in [9.17, 15) is 0 Å². The molecule has 0 aliphatic heterocycles. The molecule has 2 heteroatoms. The van der Waals surface area contributed by atoms with Gasteiger partial charge in [0.05, 0.1) is 0 Å². The topological polar surface area (TPSA) is 32.6 Å². The molecule has 1 aliphatic carbocycles. The molecule has 0 radical (unpaired) electrons. The van der Waals surface area contributed by atoms with Gasteiger partial charge in [0.15, 0.2) is 0 Å². The van der Waals surface area contributed by atoms with Crippen molar-refractivity contribution in [3.8, 4) is 0 Å². The van der Waals surface area contributed by atoms with Crippen molar-refractivity contribution in [1.82, 2.24) is 0 Å². The van der Waals surface area contributed by atoms with Crippen LogP contribution in [0.25, 0.3) is 0 Å². The lowest BCUT2D eigenvalue weighted by Crippen LogP contribution is -2.08. The van der Waals surface area contributed by atoms with Gasteiger partial charge >= 0.3 is 0 Å². The molecule has 1 unspecified atom stereocenters. The highest BCUT2D eigenvalue weighted by atomic mass is 16.4. The van der Waals surface area contributed by atoms with E-state index < -0.39 is 0 Å². The summed E-state index contributed by atoms with van der Waals surface area (Å²) < 4.78 is 0. The minimum atomic E-state index is 0.446. The van der Waals surface area contributed by atoms with Gasteiger partial charge in [0.2, 0.25) is 0 Å². The molecule has 15 heavy (non-hydrogen) atoms. The predicted molar refractivity (Wildman–Crippen MR) is 64.4 cm³/mol. The van der Waals surface area contributed by atoms with Crippen LogP contribution in [0.15, 0.2) is 28.5 Å². The molecule has 1 atom stereocenters. The third-order valence-corrected chi connectivity index (χ3v) is 2.79. The smallest absolute Gasteiger partial charge is 0.0470 e. The van der Waals surface area contributed by atoms with Crippen molar-refractivity contribution in [2.24, 2.45) is 11.1 Å². The molecule has 1 N–H and O–H groups in total. The first-order valence-corrected chi connectivity index (χ1v) is 5.71. The quantitative estimate of drug-likeness (QED) is 0.322. The summed E-state index contributed by atoms with van der Waals surface area (Å²) in [6.45, 7) is 4.27. The fourth-order valence-corrected chi connectivity index (χ4v) is 2.00. The van der Waals surface area contributed by atoms with Crippen LogP contribution < -0.4 is 0 Å². The number of rotatable bonds is 4. The van der Waals surface area contributed by atoms with E-state index in [-0.39, 0.29) is 0 Å². The maximum atomic E-state index is 8.49. The van der Waals surface area contributed by atoms with Crippen molar-refractivity contribution in [3.05, 3.63) is 23.3 Å². The van der Waals surface area contributed by atoms with Gasteiger partial charge in [0, 0.05) is 12.1 Å². The molecule has 0 aromatic carbocycles. The minimum absolute atomic E-state index is 0.446. The third-order valence-electron chi connectivity index (χ3n) is 2.79. The molecule has 2 nitrogen and oxygen atoms in total. The molecule has 0 spiro atoms. The number of hydrogen-bond acceptors (Lipinski definition) is 2. The van der Waals surface area contributed by atoms with Crippen LogP contribution in [0.4, 0.5) is 0 Å². The number of hydrogen-bond donors (Lipinski definition) is 1. The molecule has 0 fully saturated rings. The molecular weight excluding hydrogens is 186 g/mol. The second-order valence-corrected chi connectivity index (χ2v) is 4.49. The van der Waals surface area contributed by atoms with Gasteiger partial charge in [-0.3, -0.25) is 0 Å². The van der Waals surface area contributed by atoms with Gasteiger partial charge in [-0.25, -0.2) is 0 Å². The van der Waals surface area contributed by atoms with E-state index in [0.717, 1.165) is 32.1 Å². The van der Waals surface area contributed by atoms with Crippen LogP contribution in [0.3, 0.4) is 0 Å². The predicted octanol–water partition coefficient (Wildman–Crippen LogP) is 3.92. The van der Waals surface area contributed by atoms with Gasteiger partial charge in [-0.05, 0) is 46.0 Å². The first-order chi connectivity index (χ1) is 7.22. The zero-order valence-electron chi connectivity index (χ0n) is 9.74. The van der Waals surface area contributed by atoms with E-state index in [0.29, 0.717) is 5.92 Å². The molecule has 0 bridgehead atoms. The summed E-state index contributed by atoms with van der Waals surface area (Å²) in [4.78, 5) is 0. The minimum Gasteiger partial charge on any atom is -0.411 e. The summed E-state index contributed by atoms with van der Waals surface area (Å²) in [6, 6.07) is 0. The highest BCUT2D eigenvalue weighted by molar-refractivity contribution is 5.60. The molecule has 84 valence electrons. The van der Waals surface area contributed by atoms with Crippen LogP contribution in [0, 0.1) is 5.92 Å². The Hall–Kier alpha value is -1.05. The lowest BCUT2D eigenvalue weighted by atomic mass is 9.87. The van der Waals surface area contributed by atoms with Crippen molar-refractivity contribution < 1.29 is 5.21 Å². The van der Waals surface area contributed by atoms with E-state index in [1.807, 2.05) is 0 Å². The number of oxime groups is 1. The van der Waals surface area contributed by atoms with Gasteiger partial charge in [0.25, 0.3) is 0 Å². The van der Waals surface area contributed by atoms with Gasteiger partial charge in [-0.1, -0.05) is 23.3 Å². The van der Waals surface area contributed by atoms with Crippen molar-refractivity contribution in [1.29, 1.82) is 0 Å². The molecule has 0 amide bonds. The first-order valence-electron chi connectivity index (χ1n) is 5.71. The van der Waals surface area contributed by atoms with Crippen LogP contribution in [0.1, 0.15) is 46.0 Å². The summed E-state index contributed by atoms with van der Waals surface area (Å²) in [5, 5.41) is 11.6. The first kappa shape index (κ1) is 12.0. The number of allylic oxidation sites excluding steroid dienone is 4. The second kappa shape index (κ2) is 6.44. The van der Waals surface area contributed by atoms with Crippen molar-refractivity contribution in [2.45, 2.75) is 46.0 Å². The average Bonchev–Trinajstić information content (AvgIpc) is 2.18. The third kappa shape index (κ3) is 4.82. The molecule has 0 aromatic heterocycles. The SMILES string of the molecule is CC(C)=CCCC1=CCCC(/C=N/O)C1. The highest BCUT2D eigenvalue weighted by Crippen LogP contribution is 2.25. The van der Waals surface area contributed by atoms with Crippen molar-refractivity contribution >= 4 is 6.21 Å². The van der Waals surface area contributed by atoms with Crippen molar-refractivity contribution in [3.63, 3.8) is 0 Å². The van der Waals surface area contributed by atoms with Gasteiger partial charge < -0.3 is 5.21 Å². The summed E-state index contributed by atoms with van der Waals surface area (Å²) in [7, 11) is 0. The van der Waals surface area contributed by atoms with E-state index in [4.69, 9.17) is 5.21 Å². The monoisotopic (exact) mass is 207 g/mol. The van der Waals surface area contributed by atoms with E-state index in [2.05, 4.69) is 31.2 Å². The van der Waals surface area contributed by atoms with Crippen LogP contribution in [0.2, 0.25) is 0 Å². The molecule has 0 saturated heterocycles. The van der Waals surface area contributed by atoms with Crippen LogP contribution in [-0.2, 0) is 0 Å². The largest absolute Gasteiger partial charge is 0.411 e. The number of nitrogens with zero attached hydrogens (tertiary/aromatic N) is 1. The van der Waals surface area contributed by atoms with Crippen LogP contribution >= 0.6 is 0 Å². The zero-order valence-corrected chi connectivity index (χ0v) is 9.74. The Balaban J connectivity index is 2.36. The molecule has 1 rings (SSSR count). The fourth-order valence-electron chi connectivity index (χ4n) is 2.00. The lowest BCUT2D eigenvalue weighted by Gasteiger charge is -2.18. The maximum absolute atomic E-state index is 8.49. The van der Waals surface area contributed by atoms with Gasteiger partial charge in [-0.2, -0.15) is 0 Å². The summed E-state index contributed by atoms with van der Waals surface area (Å²) in [5.41, 5.74) is 2.91. The highest BCUT2D eigenvalue weighted by Gasteiger charge is 2.12. The Kier molecular flexibility index (Phi) is 5.16. The second-order valence-electron chi connectivity index (χ2n) is 4.49. The molecule has 0 aromatic rings. The fraction of sp³-hybridized carbons (Fsp3) is 0.615. The van der Waals surface area contributed by atoms with Crippen LogP contribution in [0.5, 0.6) is 0 Å². The van der Waals surface area contributed by atoms with E-state index >= 15 is 0 Å². The zero-order chi connectivity index (χ0) is 11.1. The van der Waals surface area contributed by atoms with Gasteiger partial charge in [-0.15, -0.1) is 5.16 Å². The normalized spacial score (nSPS) is 21.5. The molecule has 1 aliphatic rings. The standard InChI is InChI=1S/C13H21NO/c1-11(2)5-3-6-12-7-4-8-13(9-12)10-14-15/h5,7,10,13,15H,3-4,6,8-9H2,1-2H3/b14-10+. The summed E-state index contributed by atoms with van der Waals surface area (Å²) in [6.07, 6.45) is 11.9. The summed E-state index contributed by atoms with van der Waals surface area (Å²) in [5.74, 6) is 0.446. The van der Waals surface area contributed by atoms with Crippen LogP contribution in [-0.4, -0.2) is 11.4 Å². The Bertz CT molecular complexity index is 272. The lowest BCUT2D eigenvalue weighted by molar-refractivity contribution is 0.317.